The number of nitrogens with two attached hydrogens (primary N) is 1. The molecule has 9 atom stereocenters. The zero-order chi connectivity index (χ0) is 22.5. The predicted molar refractivity (Wildman–Crippen MR) is 112 cm³/mol. The van der Waals surface area contributed by atoms with E-state index in [0.717, 1.165) is 6.42 Å². The number of hydrogen-bond donors (Lipinski definition) is 1. The van der Waals surface area contributed by atoms with Gasteiger partial charge < -0.3 is 29.2 Å². The van der Waals surface area contributed by atoms with E-state index in [9.17, 15) is 4.57 Å². The van der Waals surface area contributed by atoms with Gasteiger partial charge in [0.15, 0.2) is 0 Å². The Morgan fingerprint density at radius 1 is 1.10 bits per heavy atom. The van der Waals surface area contributed by atoms with Crippen molar-refractivity contribution in [3.05, 3.63) is 12.3 Å². The van der Waals surface area contributed by atoms with Crippen molar-refractivity contribution in [3.8, 4) is 0 Å². The van der Waals surface area contributed by atoms with E-state index in [2.05, 4.69) is 13.5 Å². The molecule has 0 aromatic rings. The van der Waals surface area contributed by atoms with Gasteiger partial charge in [-0.2, -0.15) is 0 Å². The summed E-state index contributed by atoms with van der Waals surface area (Å²) in [5.41, 5.74) is 5.59. The highest BCUT2D eigenvalue weighted by Crippen LogP contribution is 2.55. The van der Waals surface area contributed by atoms with Crippen molar-refractivity contribution in [3.63, 3.8) is 0 Å². The van der Waals surface area contributed by atoms with E-state index >= 15 is 0 Å². The molecular formula is C20H38NO8P. The normalized spacial score (nSPS) is 38.5. The summed E-state index contributed by atoms with van der Waals surface area (Å²) in [6.07, 6.45) is -0.307. The molecule has 0 aromatic heterocycles. The quantitative estimate of drug-likeness (QED) is 0.354. The third-order valence-electron chi connectivity index (χ3n) is 5.95. The molecular weight excluding hydrogens is 413 g/mol. The van der Waals surface area contributed by atoms with Gasteiger partial charge in [-0.1, -0.05) is 20.4 Å². The summed E-state index contributed by atoms with van der Waals surface area (Å²) in [5, 5.41) is 0. The Labute approximate surface area is 180 Å². The molecule has 0 radical (unpaired) electrons. The lowest BCUT2D eigenvalue weighted by molar-refractivity contribution is -0.0553. The molecule has 0 bridgehead atoms. The third kappa shape index (κ3) is 5.84. The molecule has 9 nitrogen and oxygen atoms in total. The van der Waals surface area contributed by atoms with Gasteiger partial charge in [0, 0.05) is 27.2 Å². The molecule has 10 heteroatoms. The minimum atomic E-state index is -4.04. The van der Waals surface area contributed by atoms with Crippen LogP contribution in [0.5, 0.6) is 0 Å². The van der Waals surface area contributed by atoms with E-state index < -0.39 is 20.0 Å². The topological polar surface area (TPSA) is 108 Å². The predicted octanol–water partition coefficient (Wildman–Crippen LogP) is 2.88. The average Bonchev–Trinajstić information content (AvgIpc) is 3.20. The van der Waals surface area contributed by atoms with Gasteiger partial charge in [-0.15, -0.1) is 0 Å². The highest BCUT2D eigenvalue weighted by atomic mass is 31.2. The van der Waals surface area contributed by atoms with E-state index in [0.29, 0.717) is 6.42 Å². The van der Waals surface area contributed by atoms with Crippen LogP contribution in [0, 0.1) is 11.8 Å². The van der Waals surface area contributed by atoms with E-state index in [1.54, 1.807) is 21.3 Å². The molecule has 0 aromatic carbocycles. The largest absolute Gasteiger partial charge is 0.530 e. The minimum absolute atomic E-state index is 0.00784. The van der Waals surface area contributed by atoms with Gasteiger partial charge in [0.2, 0.25) is 0 Å². The average molecular weight is 451 g/mol. The number of phosphoric ester groups is 1. The first-order valence-corrected chi connectivity index (χ1v) is 11.9. The fourth-order valence-electron chi connectivity index (χ4n) is 4.49. The molecule has 1 saturated heterocycles. The maximum Gasteiger partial charge on any atom is 0.530 e. The van der Waals surface area contributed by atoms with Crippen molar-refractivity contribution < 1.29 is 37.1 Å². The summed E-state index contributed by atoms with van der Waals surface area (Å²) >= 11 is 0. The highest BCUT2D eigenvalue weighted by molar-refractivity contribution is 7.48. The highest BCUT2D eigenvalue weighted by Gasteiger charge is 2.49. The zero-order valence-electron chi connectivity index (χ0n) is 18.9. The third-order valence-corrected chi connectivity index (χ3v) is 7.40. The van der Waals surface area contributed by atoms with Gasteiger partial charge in [0.05, 0.1) is 37.6 Å². The Bertz CT molecular complexity index is 605. The molecule has 176 valence electrons. The lowest BCUT2D eigenvalue weighted by atomic mass is 10.1. The van der Waals surface area contributed by atoms with Crippen molar-refractivity contribution in [2.45, 2.75) is 70.2 Å². The molecule has 0 amide bonds. The van der Waals surface area contributed by atoms with E-state index in [1.807, 2.05) is 13.8 Å². The lowest BCUT2D eigenvalue weighted by Crippen LogP contribution is -2.36. The van der Waals surface area contributed by atoms with Crippen LogP contribution in [0.4, 0.5) is 0 Å². The van der Waals surface area contributed by atoms with Crippen molar-refractivity contribution in [1.82, 2.24) is 0 Å². The second-order valence-electron chi connectivity index (χ2n) is 8.01. The standard InChI is InChI=1S/C20H38NO8P/c1-8-16-20(18(24-6)14(4)27-16)29-30(22,28-13(3)10-21)26-11-15-9-12(2)17(23-5)19(15)25-7/h12,14-20H,3,8-11,21H2,1-2,4-7H3/t12-,14+,15-,16-,17-,18-,19?,20?,30?/m1/s1. The maximum absolute atomic E-state index is 13.6. The number of ether oxygens (including phenoxy) is 4. The summed E-state index contributed by atoms with van der Waals surface area (Å²) in [5.74, 6) is 0.367. The first kappa shape index (κ1) is 25.7. The second-order valence-corrected chi connectivity index (χ2v) is 9.56. The van der Waals surface area contributed by atoms with Crippen LogP contribution in [0.2, 0.25) is 0 Å². The van der Waals surface area contributed by atoms with Crippen molar-refractivity contribution in [1.29, 1.82) is 0 Å². The smallest absolute Gasteiger partial charge is 0.408 e. The second kappa shape index (κ2) is 11.4. The lowest BCUT2D eigenvalue weighted by Gasteiger charge is -2.29. The Morgan fingerprint density at radius 3 is 2.27 bits per heavy atom. The summed E-state index contributed by atoms with van der Waals surface area (Å²) in [7, 11) is 0.824. The molecule has 0 spiro atoms. The van der Waals surface area contributed by atoms with Crippen LogP contribution < -0.4 is 5.73 Å². The summed E-state index contributed by atoms with van der Waals surface area (Å²) in [4.78, 5) is 0. The van der Waals surface area contributed by atoms with Gasteiger partial charge in [-0.25, -0.2) is 4.57 Å². The molecule has 1 aliphatic heterocycles. The van der Waals surface area contributed by atoms with Gasteiger partial charge in [-0.05, 0) is 25.7 Å². The summed E-state index contributed by atoms with van der Waals surface area (Å²) in [6.45, 7) is 9.74. The van der Waals surface area contributed by atoms with E-state index in [-0.39, 0.29) is 55.2 Å². The van der Waals surface area contributed by atoms with Crippen LogP contribution in [-0.4, -0.2) is 71.1 Å². The number of methoxy groups -OCH3 is 3. The van der Waals surface area contributed by atoms with E-state index in [4.69, 9.17) is 38.3 Å². The molecule has 2 N–H and O–H groups in total. The van der Waals surface area contributed by atoms with Crippen LogP contribution in [-0.2, 0) is 37.1 Å². The summed E-state index contributed by atoms with van der Waals surface area (Å²) in [6, 6.07) is 0. The van der Waals surface area contributed by atoms with E-state index in [1.165, 1.54) is 0 Å². The van der Waals surface area contributed by atoms with Crippen molar-refractivity contribution in [2.75, 3.05) is 34.5 Å². The first-order valence-electron chi connectivity index (χ1n) is 10.5. The van der Waals surface area contributed by atoms with Gasteiger partial charge in [-0.3, -0.25) is 9.05 Å². The molecule has 1 saturated carbocycles. The van der Waals surface area contributed by atoms with Crippen LogP contribution in [0.3, 0.4) is 0 Å². The Morgan fingerprint density at radius 2 is 1.73 bits per heavy atom. The Balaban J connectivity index is 2.16. The Kier molecular flexibility index (Phi) is 9.77. The Hall–Kier alpha value is -0.510. The molecule has 2 rings (SSSR count). The first-order chi connectivity index (χ1) is 14.2. The number of rotatable bonds is 12. The molecule has 3 unspecified atom stereocenters. The fourth-order valence-corrected chi connectivity index (χ4v) is 5.97. The monoisotopic (exact) mass is 451 g/mol. The zero-order valence-corrected chi connectivity index (χ0v) is 19.8. The van der Waals surface area contributed by atoms with Crippen LogP contribution in [0.15, 0.2) is 12.3 Å². The van der Waals surface area contributed by atoms with Crippen molar-refractivity contribution >= 4 is 7.82 Å². The number of hydrogen-bond acceptors (Lipinski definition) is 9. The SMILES string of the molecule is C=C(CN)OP(=O)(OC[C@H]1C[C@@H](C)[C@@H](OC)C1OC)OC1[C@@H](CC)O[C@@H](C)[C@H]1OC. The number of phosphoric acid groups is 1. The molecule has 2 fully saturated rings. The maximum atomic E-state index is 13.6. The van der Waals surface area contributed by atoms with Crippen LogP contribution in [0.1, 0.15) is 33.6 Å². The van der Waals surface area contributed by atoms with Crippen LogP contribution >= 0.6 is 7.82 Å². The van der Waals surface area contributed by atoms with Gasteiger partial charge >= 0.3 is 7.82 Å². The molecule has 2 aliphatic rings. The van der Waals surface area contributed by atoms with Gasteiger partial charge in [0.25, 0.3) is 0 Å². The summed E-state index contributed by atoms with van der Waals surface area (Å²) < 4.78 is 53.4. The van der Waals surface area contributed by atoms with Crippen molar-refractivity contribution in [2.24, 2.45) is 17.6 Å². The minimum Gasteiger partial charge on any atom is -0.408 e. The molecule has 30 heavy (non-hydrogen) atoms. The fraction of sp³-hybridized carbons (Fsp3) is 0.900. The molecule has 1 heterocycles. The van der Waals surface area contributed by atoms with Gasteiger partial charge in [0.1, 0.15) is 18.0 Å². The van der Waals surface area contributed by atoms with Crippen LogP contribution in [0.25, 0.3) is 0 Å². The molecule has 1 aliphatic carbocycles.